The molecule has 0 spiro atoms. The molecule has 0 bridgehead atoms. The molecule has 1 amide bonds. The fourth-order valence-corrected chi connectivity index (χ4v) is 2.50. The maximum Gasteiger partial charge on any atom is 0.260 e. The molecule has 126 valence electrons. The summed E-state index contributed by atoms with van der Waals surface area (Å²) in [6.45, 7) is 5.28. The lowest BCUT2D eigenvalue weighted by atomic mass is 10.2. The Hall–Kier alpha value is -2.67. The standard InChI is InChI=1S/C17H20N4O3/c1-2-24-14-6-4-3-5-13(14)17(22)20-15-11-16(19-12-18-15)21-7-9-23-10-8-21/h3-6,11-12H,2,7-10H2,1H3,(H,18,19,20,22). The van der Waals surface area contributed by atoms with Gasteiger partial charge >= 0.3 is 0 Å². The fourth-order valence-electron chi connectivity index (χ4n) is 2.50. The predicted molar refractivity (Wildman–Crippen MR) is 90.6 cm³/mol. The van der Waals surface area contributed by atoms with Crippen LogP contribution in [0.4, 0.5) is 11.6 Å². The highest BCUT2D eigenvalue weighted by atomic mass is 16.5. The monoisotopic (exact) mass is 328 g/mol. The first-order valence-electron chi connectivity index (χ1n) is 7.96. The molecule has 0 atom stereocenters. The number of hydrogen-bond donors (Lipinski definition) is 1. The first-order chi connectivity index (χ1) is 11.8. The normalized spacial score (nSPS) is 14.3. The Morgan fingerprint density at radius 3 is 2.88 bits per heavy atom. The van der Waals surface area contributed by atoms with Crippen LogP contribution in [0.5, 0.6) is 5.75 Å². The predicted octanol–water partition coefficient (Wildman–Crippen LogP) is 1.96. The number of anilines is 2. The minimum absolute atomic E-state index is 0.259. The number of aromatic nitrogens is 2. The van der Waals surface area contributed by atoms with Gasteiger partial charge in [-0.05, 0) is 19.1 Å². The van der Waals surface area contributed by atoms with Crippen molar-refractivity contribution >= 4 is 17.5 Å². The average molecular weight is 328 g/mol. The van der Waals surface area contributed by atoms with Crippen LogP contribution in [0.3, 0.4) is 0 Å². The Labute approximate surface area is 140 Å². The Balaban J connectivity index is 1.75. The van der Waals surface area contributed by atoms with Gasteiger partial charge < -0.3 is 19.7 Å². The number of carbonyl (C=O) groups excluding carboxylic acids is 1. The highest BCUT2D eigenvalue weighted by Crippen LogP contribution is 2.20. The number of nitrogens with one attached hydrogen (secondary N) is 1. The van der Waals surface area contributed by atoms with Gasteiger partial charge in [-0.2, -0.15) is 0 Å². The van der Waals surface area contributed by atoms with Crippen LogP contribution in [0.1, 0.15) is 17.3 Å². The minimum Gasteiger partial charge on any atom is -0.493 e. The summed E-state index contributed by atoms with van der Waals surface area (Å²) in [4.78, 5) is 23.0. The summed E-state index contributed by atoms with van der Waals surface area (Å²) < 4.78 is 10.8. The number of ether oxygens (including phenoxy) is 2. The molecule has 1 saturated heterocycles. The van der Waals surface area contributed by atoms with E-state index in [1.165, 1.54) is 6.33 Å². The van der Waals surface area contributed by atoms with E-state index in [2.05, 4.69) is 20.2 Å². The summed E-state index contributed by atoms with van der Waals surface area (Å²) in [5.74, 6) is 1.54. The summed E-state index contributed by atoms with van der Waals surface area (Å²) in [6.07, 6.45) is 1.45. The lowest BCUT2D eigenvalue weighted by molar-refractivity contribution is 0.102. The van der Waals surface area contributed by atoms with Gasteiger partial charge in [0.2, 0.25) is 0 Å². The molecular formula is C17H20N4O3. The van der Waals surface area contributed by atoms with E-state index in [-0.39, 0.29) is 5.91 Å². The molecule has 7 heteroatoms. The first kappa shape index (κ1) is 16.2. The summed E-state index contributed by atoms with van der Waals surface area (Å²) in [7, 11) is 0. The lowest BCUT2D eigenvalue weighted by Gasteiger charge is -2.27. The molecule has 2 heterocycles. The van der Waals surface area contributed by atoms with E-state index in [4.69, 9.17) is 9.47 Å². The highest BCUT2D eigenvalue weighted by molar-refractivity contribution is 6.05. The van der Waals surface area contributed by atoms with E-state index in [1.807, 2.05) is 13.0 Å². The van der Waals surface area contributed by atoms with E-state index in [0.717, 1.165) is 18.9 Å². The third kappa shape index (κ3) is 3.80. The third-order valence-corrected chi connectivity index (χ3v) is 3.66. The molecule has 1 fully saturated rings. The van der Waals surface area contributed by atoms with Gasteiger partial charge in [0, 0.05) is 19.2 Å². The van der Waals surface area contributed by atoms with Gasteiger partial charge in [-0.25, -0.2) is 9.97 Å². The fraction of sp³-hybridized carbons (Fsp3) is 0.353. The number of amides is 1. The number of carbonyl (C=O) groups is 1. The van der Waals surface area contributed by atoms with Crippen LogP contribution >= 0.6 is 0 Å². The van der Waals surface area contributed by atoms with Gasteiger partial charge in [0.05, 0.1) is 25.4 Å². The van der Waals surface area contributed by atoms with E-state index < -0.39 is 0 Å². The Morgan fingerprint density at radius 2 is 2.08 bits per heavy atom. The summed E-state index contributed by atoms with van der Waals surface area (Å²) >= 11 is 0. The van der Waals surface area contributed by atoms with E-state index in [0.29, 0.717) is 37.0 Å². The van der Waals surface area contributed by atoms with Crippen LogP contribution < -0.4 is 15.0 Å². The van der Waals surface area contributed by atoms with Crippen LogP contribution in [0.25, 0.3) is 0 Å². The number of nitrogens with zero attached hydrogens (tertiary/aromatic N) is 3. The molecule has 1 aromatic heterocycles. The maximum atomic E-state index is 12.5. The molecular weight excluding hydrogens is 308 g/mol. The molecule has 3 rings (SSSR count). The topological polar surface area (TPSA) is 76.6 Å². The molecule has 7 nitrogen and oxygen atoms in total. The van der Waals surface area contributed by atoms with Crippen LogP contribution in [0.15, 0.2) is 36.7 Å². The van der Waals surface area contributed by atoms with E-state index >= 15 is 0 Å². The molecule has 0 aliphatic carbocycles. The summed E-state index contributed by atoms with van der Waals surface area (Å²) in [5, 5.41) is 2.81. The number of hydrogen-bond acceptors (Lipinski definition) is 6. The Kier molecular flexibility index (Phi) is 5.22. The molecule has 0 unspecified atom stereocenters. The van der Waals surface area contributed by atoms with Gasteiger partial charge in [0.25, 0.3) is 5.91 Å². The zero-order valence-electron chi connectivity index (χ0n) is 13.6. The number of para-hydroxylation sites is 1. The Morgan fingerprint density at radius 1 is 1.29 bits per heavy atom. The first-order valence-corrected chi connectivity index (χ1v) is 7.96. The Bertz CT molecular complexity index is 702. The van der Waals surface area contributed by atoms with Crippen molar-refractivity contribution in [1.29, 1.82) is 0 Å². The summed E-state index contributed by atoms with van der Waals surface area (Å²) in [6, 6.07) is 8.91. The molecule has 2 aromatic rings. The van der Waals surface area contributed by atoms with Gasteiger partial charge in [0.1, 0.15) is 23.7 Å². The SMILES string of the molecule is CCOc1ccccc1C(=O)Nc1cc(N2CCOCC2)ncn1. The average Bonchev–Trinajstić information content (AvgIpc) is 2.63. The molecule has 1 aliphatic heterocycles. The molecule has 1 aromatic carbocycles. The van der Waals surface area contributed by atoms with Crippen molar-refractivity contribution in [3.63, 3.8) is 0 Å². The van der Waals surface area contributed by atoms with Gasteiger partial charge in [-0.1, -0.05) is 12.1 Å². The van der Waals surface area contributed by atoms with Crippen molar-refractivity contribution in [1.82, 2.24) is 9.97 Å². The molecule has 1 aliphatic rings. The van der Waals surface area contributed by atoms with Crippen LogP contribution in [-0.4, -0.2) is 48.8 Å². The maximum absolute atomic E-state index is 12.5. The zero-order valence-corrected chi connectivity index (χ0v) is 13.6. The van der Waals surface area contributed by atoms with E-state index in [9.17, 15) is 4.79 Å². The number of benzene rings is 1. The van der Waals surface area contributed by atoms with E-state index in [1.54, 1.807) is 24.3 Å². The molecule has 0 radical (unpaired) electrons. The smallest absolute Gasteiger partial charge is 0.260 e. The van der Waals surface area contributed by atoms with Crippen LogP contribution in [-0.2, 0) is 4.74 Å². The van der Waals surface area contributed by atoms with Crippen LogP contribution in [0, 0.1) is 0 Å². The lowest BCUT2D eigenvalue weighted by Crippen LogP contribution is -2.36. The highest BCUT2D eigenvalue weighted by Gasteiger charge is 2.16. The van der Waals surface area contributed by atoms with Crippen molar-refractivity contribution in [2.75, 3.05) is 43.1 Å². The van der Waals surface area contributed by atoms with Crippen molar-refractivity contribution in [2.24, 2.45) is 0 Å². The van der Waals surface area contributed by atoms with Crippen LogP contribution in [0.2, 0.25) is 0 Å². The molecule has 24 heavy (non-hydrogen) atoms. The number of morpholine rings is 1. The third-order valence-electron chi connectivity index (χ3n) is 3.66. The van der Waals surface area contributed by atoms with Gasteiger partial charge in [-0.15, -0.1) is 0 Å². The minimum atomic E-state index is -0.259. The van der Waals surface area contributed by atoms with Crippen molar-refractivity contribution < 1.29 is 14.3 Å². The largest absolute Gasteiger partial charge is 0.493 e. The second-order valence-electron chi connectivity index (χ2n) is 5.24. The number of rotatable bonds is 5. The quantitative estimate of drug-likeness (QED) is 0.904. The second kappa shape index (κ2) is 7.74. The van der Waals surface area contributed by atoms with Crippen molar-refractivity contribution in [3.8, 4) is 5.75 Å². The molecule has 0 saturated carbocycles. The molecule has 1 N–H and O–H groups in total. The summed E-state index contributed by atoms with van der Waals surface area (Å²) in [5.41, 5.74) is 0.478. The van der Waals surface area contributed by atoms with Crippen molar-refractivity contribution in [2.45, 2.75) is 6.92 Å². The zero-order chi connectivity index (χ0) is 16.8. The van der Waals surface area contributed by atoms with Gasteiger partial charge in [0.15, 0.2) is 0 Å². The second-order valence-corrected chi connectivity index (χ2v) is 5.24. The van der Waals surface area contributed by atoms with Crippen molar-refractivity contribution in [3.05, 3.63) is 42.2 Å². The van der Waals surface area contributed by atoms with Gasteiger partial charge in [-0.3, -0.25) is 4.79 Å².